The van der Waals surface area contributed by atoms with Crippen LogP contribution in [0.1, 0.15) is 71.6 Å². The highest BCUT2D eigenvalue weighted by molar-refractivity contribution is 5.51. The van der Waals surface area contributed by atoms with Crippen LogP contribution in [0.4, 0.5) is 0 Å². The molecule has 0 amide bonds. The van der Waals surface area contributed by atoms with E-state index in [1.54, 1.807) is 11.1 Å². The normalized spacial score (nSPS) is 33.4. The van der Waals surface area contributed by atoms with Crippen molar-refractivity contribution in [2.45, 2.75) is 82.8 Å². The van der Waals surface area contributed by atoms with Gasteiger partial charge in [-0.1, -0.05) is 32.3 Å². The molecule has 1 heteroatoms. The quantitative estimate of drug-likeness (QED) is 0.478. The molecule has 0 aromatic heterocycles. The van der Waals surface area contributed by atoms with Crippen LogP contribution in [-0.2, 0) is 4.74 Å². The van der Waals surface area contributed by atoms with E-state index >= 15 is 0 Å². The Hall–Kier alpha value is -0.300. The molecule has 1 atom stereocenters. The molecule has 1 unspecified atom stereocenters. The second-order valence-corrected chi connectivity index (χ2v) is 5.89. The average molecular weight is 220 g/mol. The number of unbranched alkanes of at least 4 members (excludes halogenated alkanes) is 2. The number of fused-ring (bicyclic) bond motifs is 1. The summed E-state index contributed by atoms with van der Waals surface area (Å²) in [6.45, 7) is 4.58. The van der Waals surface area contributed by atoms with Crippen LogP contribution >= 0.6 is 0 Å². The molecule has 1 aliphatic heterocycles. The van der Waals surface area contributed by atoms with Crippen LogP contribution in [0.2, 0.25) is 0 Å². The van der Waals surface area contributed by atoms with Gasteiger partial charge in [0.1, 0.15) is 11.2 Å². The van der Waals surface area contributed by atoms with E-state index in [4.69, 9.17) is 4.74 Å². The summed E-state index contributed by atoms with van der Waals surface area (Å²) in [7, 11) is 0. The Kier molecular flexibility index (Phi) is 2.43. The number of epoxide rings is 1. The third-order valence-corrected chi connectivity index (χ3v) is 4.76. The first-order valence-electron chi connectivity index (χ1n) is 7.19. The zero-order valence-electron chi connectivity index (χ0n) is 10.8. The minimum Gasteiger partial charge on any atom is -0.357 e. The predicted octanol–water partition coefficient (Wildman–Crippen LogP) is 4.37. The predicted molar refractivity (Wildman–Crippen MR) is 66.5 cm³/mol. The number of hydrogen-bond acceptors (Lipinski definition) is 1. The van der Waals surface area contributed by atoms with Gasteiger partial charge in [0.05, 0.1) is 0 Å². The summed E-state index contributed by atoms with van der Waals surface area (Å²) in [6, 6.07) is 0. The van der Waals surface area contributed by atoms with E-state index in [-0.39, 0.29) is 0 Å². The molecule has 2 fully saturated rings. The Labute approximate surface area is 99.3 Å². The number of hydrogen-bond donors (Lipinski definition) is 0. The van der Waals surface area contributed by atoms with Gasteiger partial charge in [-0.25, -0.2) is 0 Å². The Morgan fingerprint density at radius 2 is 1.75 bits per heavy atom. The van der Waals surface area contributed by atoms with Crippen LogP contribution in [0, 0.1) is 0 Å². The topological polar surface area (TPSA) is 12.5 Å². The maximum atomic E-state index is 6.10. The van der Waals surface area contributed by atoms with E-state index in [1.807, 2.05) is 0 Å². The van der Waals surface area contributed by atoms with Crippen molar-refractivity contribution in [2.75, 3.05) is 0 Å². The molecule has 1 nitrogen and oxygen atoms in total. The number of ether oxygens (including phenoxy) is 1. The standard InChI is InChI=1S/C15H24O/c1-3-5-7-12-11-15(13(12)8-6-4-2)14(16-15)9-10-14/h3-11H2,1-2H3. The Morgan fingerprint density at radius 3 is 2.31 bits per heavy atom. The summed E-state index contributed by atoms with van der Waals surface area (Å²) in [5.74, 6) is 0. The van der Waals surface area contributed by atoms with Gasteiger partial charge in [-0.2, -0.15) is 0 Å². The van der Waals surface area contributed by atoms with Crippen molar-refractivity contribution < 1.29 is 4.74 Å². The first kappa shape index (κ1) is 10.8. The fourth-order valence-electron chi connectivity index (χ4n) is 3.52. The van der Waals surface area contributed by atoms with Crippen molar-refractivity contribution >= 4 is 0 Å². The first-order valence-corrected chi connectivity index (χ1v) is 7.19. The van der Waals surface area contributed by atoms with Crippen molar-refractivity contribution in [3.05, 3.63) is 11.1 Å². The van der Waals surface area contributed by atoms with Gasteiger partial charge in [-0.15, -0.1) is 0 Å². The van der Waals surface area contributed by atoms with E-state index < -0.39 is 0 Å². The Morgan fingerprint density at radius 1 is 1.06 bits per heavy atom. The van der Waals surface area contributed by atoms with Crippen LogP contribution in [-0.4, -0.2) is 11.2 Å². The molecule has 0 bridgehead atoms. The molecule has 0 radical (unpaired) electrons. The van der Waals surface area contributed by atoms with Gasteiger partial charge < -0.3 is 4.74 Å². The molecule has 3 aliphatic rings. The maximum absolute atomic E-state index is 6.10. The molecule has 16 heavy (non-hydrogen) atoms. The van der Waals surface area contributed by atoms with Crippen LogP contribution in [0.5, 0.6) is 0 Å². The first-order chi connectivity index (χ1) is 7.78. The zero-order chi connectivity index (χ0) is 11.2. The van der Waals surface area contributed by atoms with Gasteiger partial charge in [0.2, 0.25) is 0 Å². The van der Waals surface area contributed by atoms with E-state index in [9.17, 15) is 0 Å². The second kappa shape index (κ2) is 3.60. The third-order valence-electron chi connectivity index (χ3n) is 4.76. The molecule has 0 aromatic rings. The van der Waals surface area contributed by atoms with Gasteiger partial charge in [0.15, 0.2) is 0 Å². The molecule has 90 valence electrons. The van der Waals surface area contributed by atoms with Crippen LogP contribution in [0.15, 0.2) is 11.1 Å². The van der Waals surface area contributed by atoms with Crippen molar-refractivity contribution in [2.24, 2.45) is 0 Å². The van der Waals surface area contributed by atoms with Gasteiger partial charge in [0.25, 0.3) is 0 Å². The minimum absolute atomic E-state index is 0.297. The lowest BCUT2D eigenvalue weighted by Gasteiger charge is -2.32. The average Bonchev–Trinajstić information content (AvgIpc) is 3.15. The molecule has 0 N–H and O–H groups in total. The molecule has 2 spiro atoms. The van der Waals surface area contributed by atoms with Gasteiger partial charge >= 0.3 is 0 Å². The van der Waals surface area contributed by atoms with E-state index in [2.05, 4.69) is 13.8 Å². The lowest BCUT2D eigenvalue weighted by Crippen LogP contribution is -2.31. The lowest BCUT2D eigenvalue weighted by molar-refractivity contribution is 0.284. The molecule has 1 saturated carbocycles. The highest BCUT2D eigenvalue weighted by Crippen LogP contribution is 2.74. The summed E-state index contributed by atoms with van der Waals surface area (Å²) in [6.07, 6.45) is 12.0. The Bertz CT molecular complexity index is 324. The highest BCUT2D eigenvalue weighted by atomic mass is 16.6. The Balaban J connectivity index is 1.68. The molecular weight excluding hydrogens is 196 g/mol. The third kappa shape index (κ3) is 1.33. The molecular formula is C15H24O. The molecule has 3 rings (SSSR count). The van der Waals surface area contributed by atoms with Crippen LogP contribution in [0.3, 0.4) is 0 Å². The highest BCUT2D eigenvalue weighted by Gasteiger charge is 2.80. The van der Waals surface area contributed by atoms with Crippen LogP contribution in [0.25, 0.3) is 0 Å². The SMILES string of the molecule is CCCCC1=C(CCCC)C2(C1)OC21CC1. The van der Waals surface area contributed by atoms with E-state index in [0.717, 1.165) is 0 Å². The zero-order valence-corrected chi connectivity index (χ0v) is 10.8. The smallest absolute Gasteiger partial charge is 0.123 e. The summed E-state index contributed by atoms with van der Waals surface area (Å²) >= 11 is 0. The number of rotatable bonds is 6. The monoisotopic (exact) mass is 220 g/mol. The molecule has 0 aromatic carbocycles. The summed E-state index contributed by atoms with van der Waals surface area (Å²) in [4.78, 5) is 0. The molecule has 2 aliphatic carbocycles. The van der Waals surface area contributed by atoms with E-state index in [1.165, 1.54) is 57.8 Å². The van der Waals surface area contributed by atoms with Crippen molar-refractivity contribution in [3.63, 3.8) is 0 Å². The lowest BCUT2D eigenvalue weighted by atomic mass is 9.70. The molecule has 1 heterocycles. The second-order valence-electron chi connectivity index (χ2n) is 5.89. The maximum Gasteiger partial charge on any atom is 0.123 e. The van der Waals surface area contributed by atoms with E-state index in [0.29, 0.717) is 11.2 Å². The summed E-state index contributed by atoms with van der Waals surface area (Å²) < 4.78 is 6.10. The van der Waals surface area contributed by atoms with Gasteiger partial charge in [-0.3, -0.25) is 0 Å². The molecule has 1 saturated heterocycles. The summed E-state index contributed by atoms with van der Waals surface area (Å²) in [5, 5.41) is 0. The van der Waals surface area contributed by atoms with Crippen LogP contribution < -0.4 is 0 Å². The fourth-order valence-corrected chi connectivity index (χ4v) is 3.52. The van der Waals surface area contributed by atoms with Gasteiger partial charge in [0, 0.05) is 6.42 Å². The van der Waals surface area contributed by atoms with Crippen molar-refractivity contribution in [1.82, 2.24) is 0 Å². The van der Waals surface area contributed by atoms with Gasteiger partial charge in [-0.05, 0) is 44.1 Å². The summed E-state index contributed by atoms with van der Waals surface area (Å²) in [5.41, 5.74) is 4.18. The fraction of sp³-hybridized carbons (Fsp3) is 0.867. The minimum atomic E-state index is 0.297. The van der Waals surface area contributed by atoms with Crippen molar-refractivity contribution in [1.29, 1.82) is 0 Å². The largest absolute Gasteiger partial charge is 0.357 e. The van der Waals surface area contributed by atoms with Crippen molar-refractivity contribution in [3.8, 4) is 0 Å².